The zero-order valence-corrected chi connectivity index (χ0v) is 11.7. The summed E-state index contributed by atoms with van der Waals surface area (Å²) in [6, 6.07) is 5.70. The minimum Gasteiger partial charge on any atom is -0.481 e. The summed E-state index contributed by atoms with van der Waals surface area (Å²) in [5, 5.41) is 12.1. The first-order valence-corrected chi connectivity index (χ1v) is 6.75. The number of anilines is 1. The fourth-order valence-electron chi connectivity index (χ4n) is 2.49. The Labute approximate surface area is 118 Å². The Morgan fingerprint density at radius 3 is 2.45 bits per heavy atom. The van der Waals surface area contributed by atoms with Crippen molar-refractivity contribution in [1.29, 1.82) is 0 Å². The molecule has 0 unspecified atom stereocenters. The third-order valence-corrected chi connectivity index (χ3v) is 3.95. The van der Waals surface area contributed by atoms with E-state index in [0.717, 1.165) is 16.8 Å². The lowest BCUT2D eigenvalue weighted by molar-refractivity contribution is -0.146. The number of rotatable bonds is 3. The zero-order chi connectivity index (χ0) is 14.7. The standard InChI is InChI=1S/C16H19NO3/c1-10-6-5-9-14(11(10)2)17-15(18)12-7-3-4-8-13(12)16(19)20/h3-6,9,12-13H,7-8H2,1-2H3,(H,17,18)(H,19,20)/t12-,13+/m0/s1. The Morgan fingerprint density at radius 2 is 1.80 bits per heavy atom. The Morgan fingerprint density at radius 1 is 1.15 bits per heavy atom. The molecule has 0 aliphatic heterocycles. The highest BCUT2D eigenvalue weighted by Gasteiger charge is 2.34. The van der Waals surface area contributed by atoms with E-state index in [4.69, 9.17) is 0 Å². The van der Waals surface area contributed by atoms with Gasteiger partial charge in [0, 0.05) is 5.69 Å². The van der Waals surface area contributed by atoms with E-state index in [2.05, 4.69) is 5.32 Å². The summed E-state index contributed by atoms with van der Waals surface area (Å²) in [7, 11) is 0. The van der Waals surface area contributed by atoms with Gasteiger partial charge in [-0.25, -0.2) is 0 Å². The van der Waals surface area contributed by atoms with Crippen molar-refractivity contribution in [2.24, 2.45) is 11.8 Å². The van der Waals surface area contributed by atoms with E-state index >= 15 is 0 Å². The first-order valence-electron chi connectivity index (χ1n) is 6.75. The van der Waals surface area contributed by atoms with Gasteiger partial charge in [-0.15, -0.1) is 0 Å². The van der Waals surface area contributed by atoms with Crippen molar-refractivity contribution < 1.29 is 14.7 Å². The molecule has 0 spiro atoms. The number of hydrogen-bond donors (Lipinski definition) is 2. The van der Waals surface area contributed by atoms with E-state index in [1.165, 1.54) is 0 Å². The molecule has 4 nitrogen and oxygen atoms in total. The molecule has 1 aliphatic carbocycles. The van der Waals surface area contributed by atoms with Crippen LogP contribution < -0.4 is 5.32 Å². The molecule has 2 atom stereocenters. The maximum atomic E-state index is 12.3. The molecule has 1 aromatic carbocycles. The number of aryl methyl sites for hydroxylation is 1. The number of benzene rings is 1. The molecule has 0 radical (unpaired) electrons. The van der Waals surface area contributed by atoms with Gasteiger partial charge in [-0.05, 0) is 43.9 Å². The van der Waals surface area contributed by atoms with Gasteiger partial charge in [0.25, 0.3) is 0 Å². The van der Waals surface area contributed by atoms with Crippen LogP contribution >= 0.6 is 0 Å². The minimum absolute atomic E-state index is 0.213. The quantitative estimate of drug-likeness (QED) is 0.832. The summed E-state index contributed by atoms with van der Waals surface area (Å²) < 4.78 is 0. The lowest BCUT2D eigenvalue weighted by Crippen LogP contribution is -2.34. The summed E-state index contributed by atoms with van der Waals surface area (Å²) in [5.41, 5.74) is 2.87. The van der Waals surface area contributed by atoms with Gasteiger partial charge >= 0.3 is 5.97 Å². The lowest BCUT2D eigenvalue weighted by atomic mass is 9.82. The maximum absolute atomic E-state index is 12.3. The summed E-state index contributed by atoms with van der Waals surface area (Å²) in [5.74, 6) is -2.26. The first-order chi connectivity index (χ1) is 9.50. The molecule has 0 fully saturated rings. The molecule has 0 heterocycles. The van der Waals surface area contributed by atoms with Gasteiger partial charge in [0.1, 0.15) is 0 Å². The highest BCUT2D eigenvalue weighted by Crippen LogP contribution is 2.28. The van der Waals surface area contributed by atoms with Crippen LogP contribution in [-0.4, -0.2) is 17.0 Å². The van der Waals surface area contributed by atoms with Crippen LogP contribution in [0.15, 0.2) is 30.4 Å². The summed E-state index contributed by atoms with van der Waals surface area (Å²) in [6.45, 7) is 3.93. The number of aliphatic carboxylic acids is 1. The molecule has 0 aromatic heterocycles. The average Bonchev–Trinajstić information content (AvgIpc) is 2.43. The van der Waals surface area contributed by atoms with Crippen molar-refractivity contribution in [3.05, 3.63) is 41.5 Å². The number of carboxylic acids is 1. The van der Waals surface area contributed by atoms with Crippen molar-refractivity contribution >= 4 is 17.6 Å². The second-order valence-electron chi connectivity index (χ2n) is 5.23. The number of carboxylic acid groups (broad SMARTS) is 1. The Balaban J connectivity index is 2.17. The minimum atomic E-state index is -0.907. The number of carbonyl (C=O) groups is 2. The molecule has 2 rings (SSSR count). The molecule has 1 aromatic rings. The van der Waals surface area contributed by atoms with Crippen molar-refractivity contribution in [3.63, 3.8) is 0 Å². The van der Waals surface area contributed by atoms with Crippen LogP contribution in [0.3, 0.4) is 0 Å². The monoisotopic (exact) mass is 273 g/mol. The third kappa shape index (κ3) is 2.90. The maximum Gasteiger partial charge on any atom is 0.307 e. The average molecular weight is 273 g/mol. The van der Waals surface area contributed by atoms with Gasteiger partial charge in [0.05, 0.1) is 11.8 Å². The van der Waals surface area contributed by atoms with Crippen LogP contribution in [0, 0.1) is 25.7 Å². The molecule has 0 saturated heterocycles. The molecule has 2 N–H and O–H groups in total. The Kier molecular flexibility index (Phi) is 4.23. The first kappa shape index (κ1) is 14.3. The SMILES string of the molecule is Cc1cccc(NC(=O)[C@H]2CC=CC[C@H]2C(=O)O)c1C. The van der Waals surface area contributed by atoms with Crippen LogP contribution in [0.1, 0.15) is 24.0 Å². The van der Waals surface area contributed by atoms with Gasteiger partial charge in [0.2, 0.25) is 5.91 Å². The Hall–Kier alpha value is -2.10. The fourth-order valence-corrected chi connectivity index (χ4v) is 2.49. The van der Waals surface area contributed by atoms with Crippen LogP contribution in [-0.2, 0) is 9.59 Å². The van der Waals surface area contributed by atoms with Gasteiger partial charge in [-0.2, -0.15) is 0 Å². The summed E-state index contributed by atoms with van der Waals surface area (Å²) in [6.07, 6.45) is 4.61. The second-order valence-corrected chi connectivity index (χ2v) is 5.23. The van der Waals surface area contributed by atoms with Crippen LogP contribution in [0.5, 0.6) is 0 Å². The van der Waals surface area contributed by atoms with E-state index in [9.17, 15) is 14.7 Å². The van der Waals surface area contributed by atoms with E-state index in [-0.39, 0.29) is 5.91 Å². The van der Waals surface area contributed by atoms with Crippen molar-refractivity contribution in [2.45, 2.75) is 26.7 Å². The van der Waals surface area contributed by atoms with E-state index in [0.29, 0.717) is 12.8 Å². The Bertz CT molecular complexity index is 563. The summed E-state index contributed by atoms with van der Waals surface area (Å²) in [4.78, 5) is 23.6. The summed E-state index contributed by atoms with van der Waals surface area (Å²) >= 11 is 0. The molecule has 20 heavy (non-hydrogen) atoms. The zero-order valence-electron chi connectivity index (χ0n) is 11.7. The molecular formula is C16H19NO3. The molecule has 0 bridgehead atoms. The fraction of sp³-hybridized carbons (Fsp3) is 0.375. The highest BCUT2D eigenvalue weighted by molar-refractivity contribution is 5.96. The molecule has 106 valence electrons. The number of amides is 1. The van der Waals surface area contributed by atoms with Gasteiger partial charge in [-0.1, -0.05) is 24.3 Å². The number of hydrogen-bond acceptors (Lipinski definition) is 2. The molecule has 4 heteroatoms. The molecule has 1 amide bonds. The van der Waals surface area contributed by atoms with Crippen molar-refractivity contribution in [1.82, 2.24) is 0 Å². The van der Waals surface area contributed by atoms with Crippen molar-refractivity contribution in [2.75, 3.05) is 5.32 Å². The molecular weight excluding hydrogens is 254 g/mol. The predicted molar refractivity (Wildman–Crippen MR) is 77.5 cm³/mol. The van der Waals surface area contributed by atoms with Gasteiger partial charge in [-0.3, -0.25) is 9.59 Å². The third-order valence-electron chi connectivity index (χ3n) is 3.95. The number of nitrogens with one attached hydrogen (secondary N) is 1. The second kappa shape index (κ2) is 5.90. The molecule has 1 aliphatic rings. The van der Waals surface area contributed by atoms with E-state index in [1.807, 2.05) is 44.2 Å². The number of allylic oxidation sites excluding steroid dienone is 2. The van der Waals surface area contributed by atoms with Crippen LogP contribution in [0.25, 0.3) is 0 Å². The predicted octanol–water partition coefficient (Wildman–Crippen LogP) is 2.91. The normalized spacial score (nSPS) is 21.5. The van der Waals surface area contributed by atoms with Gasteiger partial charge in [0.15, 0.2) is 0 Å². The number of carbonyl (C=O) groups excluding carboxylic acids is 1. The largest absolute Gasteiger partial charge is 0.481 e. The van der Waals surface area contributed by atoms with E-state index in [1.54, 1.807) is 0 Å². The van der Waals surface area contributed by atoms with Gasteiger partial charge < -0.3 is 10.4 Å². The smallest absolute Gasteiger partial charge is 0.307 e. The van der Waals surface area contributed by atoms with Crippen LogP contribution in [0.2, 0.25) is 0 Å². The molecule has 0 saturated carbocycles. The topological polar surface area (TPSA) is 66.4 Å². The van der Waals surface area contributed by atoms with Crippen molar-refractivity contribution in [3.8, 4) is 0 Å². The lowest BCUT2D eigenvalue weighted by Gasteiger charge is -2.24. The van der Waals surface area contributed by atoms with E-state index < -0.39 is 17.8 Å². The van der Waals surface area contributed by atoms with Crippen LogP contribution in [0.4, 0.5) is 5.69 Å². The highest BCUT2D eigenvalue weighted by atomic mass is 16.4.